The molecule has 2 aromatic carbocycles. The van der Waals surface area contributed by atoms with Gasteiger partial charge < -0.3 is 10.2 Å². The summed E-state index contributed by atoms with van der Waals surface area (Å²) < 4.78 is 13.6. The largest absolute Gasteiger partial charge is 0.326 e. The standard InChI is InChI=1S/C17H18ClFN2O/c1-12-7-8-14(9-15(12)18)20-17(22)11-21(2)10-13-5-3-4-6-16(13)19/h3-9H,10-11H2,1-2H3,(H,20,22)/p+1. The van der Waals surface area contributed by atoms with E-state index in [0.717, 1.165) is 10.5 Å². The number of hydrogen-bond donors (Lipinski definition) is 2. The predicted molar refractivity (Wildman–Crippen MR) is 86.7 cm³/mol. The molecule has 22 heavy (non-hydrogen) atoms. The Morgan fingerprint density at radius 1 is 1.27 bits per heavy atom. The Hall–Kier alpha value is -1.91. The highest BCUT2D eigenvalue weighted by atomic mass is 35.5. The Balaban J connectivity index is 1.91. The summed E-state index contributed by atoms with van der Waals surface area (Å²) in [5, 5.41) is 3.42. The molecule has 0 bridgehead atoms. The lowest BCUT2D eigenvalue weighted by Gasteiger charge is -2.14. The second-order valence-corrected chi connectivity index (χ2v) is 5.82. The van der Waals surface area contributed by atoms with E-state index in [1.54, 1.807) is 24.3 Å². The van der Waals surface area contributed by atoms with Crippen molar-refractivity contribution in [3.63, 3.8) is 0 Å². The molecule has 1 amide bonds. The molecule has 5 heteroatoms. The second-order valence-electron chi connectivity index (χ2n) is 5.41. The van der Waals surface area contributed by atoms with E-state index in [2.05, 4.69) is 5.32 Å². The van der Waals surface area contributed by atoms with Crippen LogP contribution in [0.25, 0.3) is 0 Å². The maximum Gasteiger partial charge on any atom is 0.279 e. The van der Waals surface area contributed by atoms with E-state index in [0.29, 0.717) is 22.8 Å². The Morgan fingerprint density at radius 3 is 2.68 bits per heavy atom. The number of amides is 1. The molecule has 0 saturated heterocycles. The molecule has 1 unspecified atom stereocenters. The summed E-state index contributed by atoms with van der Waals surface area (Å²) in [5.74, 6) is -0.374. The Morgan fingerprint density at radius 2 is 2.00 bits per heavy atom. The lowest BCUT2D eigenvalue weighted by molar-refractivity contribution is -0.885. The molecule has 3 nitrogen and oxygen atoms in total. The summed E-state index contributed by atoms with van der Waals surface area (Å²) in [6, 6.07) is 12.0. The highest BCUT2D eigenvalue weighted by Gasteiger charge is 2.13. The molecule has 0 aliphatic rings. The highest BCUT2D eigenvalue weighted by molar-refractivity contribution is 6.31. The van der Waals surface area contributed by atoms with Crippen LogP contribution in [0.5, 0.6) is 0 Å². The predicted octanol–water partition coefficient (Wildman–Crippen LogP) is 2.44. The SMILES string of the molecule is Cc1ccc(NC(=O)C[NH+](C)Cc2ccccc2F)cc1Cl. The molecule has 2 rings (SSSR count). The van der Waals surface area contributed by atoms with Gasteiger partial charge in [0.1, 0.15) is 12.4 Å². The van der Waals surface area contributed by atoms with Crippen LogP contribution in [0.15, 0.2) is 42.5 Å². The number of rotatable bonds is 5. The molecule has 0 aliphatic carbocycles. The van der Waals surface area contributed by atoms with E-state index in [-0.39, 0.29) is 18.3 Å². The van der Waals surface area contributed by atoms with Crippen molar-refractivity contribution in [1.82, 2.24) is 0 Å². The van der Waals surface area contributed by atoms with Crippen LogP contribution >= 0.6 is 11.6 Å². The van der Waals surface area contributed by atoms with Crippen LogP contribution in [0.1, 0.15) is 11.1 Å². The molecule has 1 atom stereocenters. The van der Waals surface area contributed by atoms with Crippen LogP contribution in [0, 0.1) is 12.7 Å². The average molecular weight is 322 g/mol. The van der Waals surface area contributed by atoms with Gasteiger partial charge in [-0.1, -0.05) is 35.9 Å². The number of benzene rings is 2. The van der Waals surface area contributed by atoms with Crippen molar-refractivity contribution in [3.05, 3.63) is 64.4 Å². The summed E-state index contributed by atoms with van der Waals surface area (Å²) in [6.45, 7) is 2.61. The first kappa shape index (κ1) is 16.5. The van der Waals surface area contributed by atoms with Crippen LogP contribution in [0.4, 0.5) is 10.1 Å². The number of carbonyl (C=O) groups is 1. The summed E-state index contributed by atoms with van der Waals surface area (Å²) in [4.78, 5) is 12.9. The zero-order valence-electron chi connectivity index (χ0n) is 12.6. The third kappa shape index (κ3) is 4.55. The first-order valence-corrected chi connectivity index (χ1v) is 7.44. The van der Waals surface area contributed by atoms with E-state index >= 15 is 0 Å². The normalized spacial score (nSPS) is 12.0. The van der Waals surface area contributed by atoms with Gasteiger partial charge in [0.15, 0.2) is 6.54 Å². The summed E-state index contributed by atoms with van der Waals surface area (Å²) >= 11 is 6.03. The number of carbonyl (C=O) groups excluding carboxylic acids is 1. The Bertz CT molecular complexity index is 675. The zero-order chi connectivity index (χ0) is 16.1. The van der Waals surface area contributed by atoms with Crippen LogP contribution < -0.4 is 10.2 Å². The van der Waals surface area contributed by atoms with Crippen molar-refractivity contribution in [1.29, 1.82) is 0 Å². The molecule has 2 aromatic rings. The minimum atomic E-state index is -0.243. The minimum Gasteiger partial charge on any atom is -0.326 e. The molecule has 0 fully saturated rings. The van der Waals surface area contributed by atoms with Gasteiger partial charge >= 0.3 is 0 Å². The van der Waals surface area contributed by atoms with Crippen LogP contribution in [-0.4, -0.2) is 19.5 Å². The van der Waals surface area contributed by atoms with Gasteiger partial charge in [0.05, 0.1) is 7.05 Å². The summed E-state index contributed by atoms with van der Waals surface area (Å²) in [7, 11) is 1.86. The highest BCUT2D eigenvalue weighted by Crippen LogP contribution is 2.19. The molecule has 2 N–H and O–H groups in total. The fourth-order valence-electron chi connectivity index (χ4n) is 2.18. The van der Waals surface area contributed by atoms with Crippen molar-refractivity contribution in [3.8, 4) is 0 Å². The summed E-state index contributed by atoms with van der Waals surface area (Å²) in [5.41, 5.74) is 2.23. The molecule has 0 spiro atoms. The quantitative estimate of drug-likeness (QED) is 0.871. The molecule has 0 aliphatic heterocycles. The minimum absolute atomic E-state index is 0.131. The third-order valence-corrected chi connectivity index (χ3v) is 3.78. The average Bonchev–Trinajstić information content (AvgIpc) is 2.45. The molecule has 0 saturated carbocycles. The number of halogens is 2. The third-order valence-electron chi connectivity index (χ3n) is 3.37. The topological polar surface area (TPSA) is 33.5 Å². The van der Waals surface area contributed by atoms with Gasteiger partial charge in [-0.05, 0) is 30.7 Å². The molecular weight excluding hydrogens is 303 g/mol. The van der Waals surface area contributed by atoms with Crippen molar-refractivity contribution in [2.24, 2.45) is 0 Å². The van der Waals surface area contributed by atoms with Crippen LogP contribution in [0.3, 0.4) is 0 Å². The number of anilines is 1. The van der Waals surface area contributed by atoms with E-state index in [1.807, 2.05) is 26.1 Å². The van der Waals surface area contributed by atoms with Gasteiger partial charge in [0, 0.05) is 16.3 Å². The van der Waals surface area contributed by atoms with Gasteiger partial charge in [-0.25, -0.2) is 4.39 Å². The van der Waals surface area contributed by atoms with Gasteiger partial charge in [-0.2, -0.15) is 0 Å². The van der Waals surface area contributed by atoms with Crippen LogP contribution in [0.2, 0.25) is 5.02 Å². The molecule has 116 valence electrons. The Labute approximate surface area is 134 Å². The lowest BCUT2D eigenvalue weighted by atomic mass is 10.2. The fraction of sp³-hybridized carbons (Fsp3) is 0.235. The van der Waals surface area contributed by atoms with Crippen molar-refractivity contribution in [2.75, 3.05) is 18.9 Å². The molecule has 0 heterocycles. The first-order valence-electron chi connectivity index (χ1n) is 7.06. The molecule has 0 radical (unpaired) electrons. The maximum atomic E-state index is 13.6. The lowest BCUT2D eigenvalue weighted by Crippen LogP contribution is -3.08. The number of quaternary nitrogens is 1. The van der Waals surface area contributed by atoms with Gasteiger partial charge in [-0.15, -0.1) is 0 Å². The second kappa shape index (κ2) is 7.38. The Kier molecular flexibility index (Phi) is 5.52. The van der Waals surface area contributed by atoms with E-state index in [4.69, 9.17) is 11.6 Å². The van der Waals surface area contributed by atoms with E-state index < -0.39 is 0 Å². The zero-order valence-corrected chi connectivity index (χ0v) is 13.4. The van der Waals surface area contributed by atoms with Crippen molar-refractivity contribution in [2.45, 2.75) is 13.5 Å². The number of aryl methyl sites for hydroxylation is 1. The van der Waals surface area contributed by atoms with Gasteiger partial charge in [-0.3, -0.25) is 4.79 Å². The first-order chi connectivity index (χ1) is 10.5. The monoisotopic (exact) mass is 321 g/mol. The van der Waals surface area contributed by atoms with Crippen molar-refractivity contribution < 1.29 is 14.1 Å². The smallest absolute Gasteiger partial charge is 0.279 e. The van der Waals surface area contributed by atoms with E-state index in [1.165, 1.54) is 6.07 Å². The number of likely N-dealkylation sites (N-methyl/N-ethyl adjacent to an activating group) is 1. The number of nitrogens with one attached hydrogen (secondary N) is 2. The number of hydrogen-bond acceptors (Lipinski definition) is 1. The molecule has 0 aromatic heterocycles. The fourth-order valence-corrected chi connectivity index (χ4v) is 2.36. The van der Waals surface area contributed by atoms with E-state index in [9.17, 15) is 9.18 Å². The maximum absolute atomic E-state index is 13.6. The van der Waals surface area contributed by atoms with Gasteiger partial charge in [0.2, 0.25) is 0 Å². The van der Waals surface area contributed by atoms with Gasteiger partial charge in [0.25, 0.3) is 5.91 Å². The summed E-state index contributed by atoms with van der Waals surface area (Å²) in [6.07, 6.45) is 0. The van der Waals surface area contributed by atoms with Crippen molar-refractivity contribution >= 4 is 23.2 Å². The van der Waals surface area contributed by atoms with Crippen LogP contribution in [-0.2, 0) is 11.3 Å². The molecular formula is C17H19ClFN2O+.